The number of nitrogens with zero attached hydrogens (tertiary/aromatic N) is 2. The molecule has 14 heavy (non-hydrogen) atoms. The van der Waals surface area contributed by atoms with E-state index in [0.29, 0.717) is 12.0 Å². The fourth-order valence-corrected chi connectivity index (χ4v) is 2.00. The third-order valence-electron chi connectivity index (χ3n) is 3.20. The van der Waals surface area contributed by atoms with E-state index in [1.54, 1.807) is 0 Å². The van der Waals surface area contributed by atoms with Gasteiger partial charge in [0.05, 0.1) is 0 Å². The summed E-state index contributed by atoms with van der Waals surface area (Å²) in [5.41, 5.74) is 1.30. The van der Waals surface area contributed by atoms with Gasteiger partial charge in [-0.3, -0.25) is 0 Å². The molecule has 1 aliphatic rings. The smallest absolute Gasteiger partial charge is 0.0330 e. The molecule has 1 heterocycles. The number of hydrogen-bond donors (Lipinski definition) is 0. The van der Waals surface area contributed by atoms with Gasteiger partial charge in [-0.1, -0.05) is 20.4 Å². The van der Waals surface area contributed by atoms with E-state index in [9.17, 15) is 0 Å². The van der Waals surface area contributed by atoms with Gasteiger partial charge in [-0.05, 0) is 32.9 Å². The van der Waals surface area contributed by atoms with E-state index in [2.05, 4.69) is 44.3 Å². The molecule has 1 atom stereocenters. The molecule has 0 amide bonds. The summed E-state index contributed by atoms with van der Waals surface area (Å²) < 4.78 is 0. The highest BCUT2D eigenvalue weighted by Gasteiger charge is 2.22. The van der Waals surface area contributed by atoms with Crippen LogP contribution in [0.25, 0.3) is 0 Å². The first-order valence-corrected chi connectivity index (χ1v) is 5.62. The maximum Gasteiger partial charge on any atom is 0.0330 e. The SMILES string of the molecule is C=C(C(C)C)N1CCCC(N(C)C)C1. The molecule has 0 spiro atoms. The molecule has 0 saturated carbocycles. The van der Waals surface area contributed by atoms with Gasteiger partial charge in [0.25, 0.3) is 0 Å². The summed E-state index contributed by atoms with van der Waals surface area (Å²) in [5, 5.41) is 0. The van der Waals surface area contributed by atoms with E-state index in [1.807, 2.05) is 0 Å². The van der Waals surface area contributed by atoms with Gasteiger partial charge in [-0.2, -0.15) is 0 Å². The Hall–Kier alpha value is -0.500. The maximum absolute atomic E-state index is 4.18. The summed E-state index contributed by atoms with van der Waals surface area (Å²) >= 11 is 0. The summed E-state index contributed by atoms with van der Waals surface area (Å²) in [5.74, 6) is 0.580. The van der Waals surface area contributed by atoms with Crippen LogP contribution in [-0.4, -0.2) is 43.0 Å². The van der Waals surface area contributed by atoms with Crippen LogP contribution in [0.5, 0.6) is 0 Å². The van der Waals surface area contributed by atoms with E-state index < -0.39 is 0 Å². The predicted octanol–water partition coefficient (Wildman–Crippen LogP) is 2.18. The van der Waals surface area contributed by atoms with Crippen LogP contribution in [0.3, 0.4) is 0 Å². The molecular weight excluding hydrogens is 172 g/mol. The van der Waals surface area contributed by atoms with E-state index in [4.69, 9.17) is 0 Å². The lowest BCUT2D eigenvalue weighted by Crippen LogP contribution is -2.45. The standard InChI is InChI=1S/C12H24N2/c1-10(2)11(3)14-8-6-7-12(9-14)13(4)5/h10,12H,3,6-9H2,1-2,4-5H3. The Kier molecular flexibility index (Phi) is 3.99. The molecule has 2 heteroatoms. The molecule has 1 fully saturated rings. The largest absolute Gasteiger partial charge is 0.374 e. The molecule has 0 N–H and O–H groups in total. The topological polar surface area (TPSA) is 6.48 Å². The highest BCUT2D eigenvalue weighted by Crippen LogP contribution is 2.20. The van der Waals surface area contributed by atoms with Gasteiger partial charge < -0.3 is 9.80 Å². The predicted molar refractivity (Wildman–Crippen MR) is 62.3 cm³/mol. The van der Waals surface area contributed by atoms with Gasteiger partial charge in [-0.25, -0.2) is 0 Å². The number of hydrogen-bond acceptors (Lipinski definition) is 2. The van der Waals surface area contributed by atoms with Gasteiger partial charge in [0.2, 0.25) is 0 Å². The van der Waals surface area contributed by atoms with Crippen LogP contribution in [0.4, 0.5) is 0 Å². The van der Waals surface area contributed by atoms with Crippen LogP contribution in [0.15, 0.2) is 12.3 Å². The average Bonchev–Trinajstić information content (AvgIpc) is 2.16. The lowest BCUT2D eigenvalue weighted by molar-refractivity contribution is 0.152. The zero-order chi connectivity index (χ0) is 10.7. The quantitative estimate of drug-likeness (QED) is 0.682. The second-order valence-electron chi connectivity index (χ2n) is 4.85. The molecule has 2 nitrogen and oxygen atoms in total. The molecule has 1 saturated heterocycles. The van der Waals surface area contributed by atoms with Gasteiger partial charge in [0.1, 0.15) is 0 Å². The molecule has 0 aromatic carbocycles. The van der Waals surface area contributed by atoms with Crippen molar-refractivity contribution >= 4 is 0 Å². The molecule has 82 valence electrons. The maximum atomic E-state index is 4.18. The van der Waals surface area contributed by atoms with Gasteiger partial charge in [-0.15, -0.1) is 0 Å². The zero-order valence-corrected chi connectivity index (χ0v) is 10.1. The zero-order valence-electron chi connectivity index (χ0n) is 10.1. The Balaban J connectivity index is 2.51. The van der Waals surface area contributed by atoms with E-state index in [1.165, 1.54) is 25.1 Å². The first kappa shape index (κ1) is 11.6. The summed E-state index contributed by atoms with van der Waals surface area (Å²) in [6, 6.07) is 0.708. The first-order chi connectivity index (χ1) is 6.52. The summed E-state index contributed by atoms with van der Waals surface area (Å²) in [6.07, 6.45) is 2.63. The normalized spacial score (nSPS) is 23.3. The van der Waals surface area contributed by atoms with Crippen molar-refractivity contribution in [2.45, 2.75) is 32.7 Å². The summed E-state index contributed by atoms with van der Waals surface area (Å²) in [7, 11) is 4.35. The summed E-state index contributed by atoms with van der Waals surface area (Å²) in [6.45, 7) is 11.0. The fourth-order valence-electron chi connectivity index (χ4n) is 2.00. The molecular formula is C12H24N2. The minimum absolute atomic E-state index is 0.580. The van der Waals surface area contributed by atoms with Crippen LogP contribution in [0.1, 0.15) is 26.7 Å². The molecule has 0 radical (unpaired) electrons. The number of likely N-dealkylation sites (tertiary alicyclic amines) is 1. The lowest BCUT2D eigenvalue weighted by atomic mass is 10.0. The Morgan fingerprint density at radius 1 is 1.43 bits per heavy atom. The van der Waals surface area contributed by atoms with Crippen molar-refractivity contribution in [1.82, 2.24) is 9.80 Å². The van der Waals surface area contributed by atoms with Crippen molar-refractivity contribution in [1.29, 1.82) is 0 Å². The third-order valence-corrected chi connectivity index (χ3v) is 3.20. The molecule has 1 rings (SSSR count). The van der Waals surface area contributed by atoms with Gasteiger partial charge in [0, 0.05) is 24.8 Å². The lowest BCUT2D eigenvalue weighted by Gasteiger charge is -2.39. The van der Waals surface area contributed by atoms with Crippen LogP contribution in [0, 0.1) is 5.92 Å². The van der Waals surface area contributed by atoms with Crippen molar-refractivity contribution < 1.29 is 0 Å². The summed E-state index contributed by atoms with van der Waals surface area (Å²) in [4.78, 5) is 4.79. The molecule has 0 aromatic heterocycles. The van der Waals surface area contributed by atoms with Crippen LogP contribution < -0.4 is 0 Å². The van der Waals surface area contributed by atoms with E-state index in [0.717, 1.165) is 6.54 Å². The number of allylic oxidation sites excluding steroid dienone is 1. The Labute approximate surface area is 88.6 Å². The monoisotopic (exact) mass is 196 g/mol. The van der Waals surface area contributed by atoms with Gasteiger partial charge >= 0.3 is 0 Å². The molecule has 0 bridgehead atoms. The fraction of sp³-hybridized carbons (Fsp3) is 0.833. The Bertz CT molecular complexity index is 196. The van der Waals surface area contributed by atoms with Crippen molar-refractivity contribution in [2.75, 3.05) is 27.2 Å². The van der Waals surface area contributed by atoms with E-state index >= 15 is 0 Å². The van der Waals surface area contributed by atoms with Crippen molar-refractivity contribution in [3.63, 3.8) is 0 Å². The van der Waals surface area contributed by atoms with Crippen LogP contribution in [0.2, 0.25) is 0 Å². The Morgan fingerprint density at radius 3 is 2.57 bits per heavy atom. The van der Waals surface area contributed by atoms with Gasteiger partial charge in [0.15, 0.2) is 0 Å². The van der Waals surface area contributed by atoms with Crippen LogP contribution in [-0.2, 0) is 0 Å². The van der Waals surface area contributed by atoms with E-state index in [-0.39, 0.29) is 0 Å². The Morgan fingerprint density at radius 2 is 2.07 bits per heavy atom. The highest BCUT2D eigenvalue weighted by atomic mass is 15.2. The van der Waals surface area contributed by atoms with Crippen molar-refractivity contribution in [3.05, 3.63) is 12.3 Å². The third kappa shape index (κ3) is 2.74. The minimum Gasteiger partial charge on any atom is -0.374 e. The highest BCUT2D eigenvalue weighted by molar-refractivity contribution is 4.99. The molecule has 0 aliphatic carbocycles. The second-order valence-corrected chi connectivity index (χ2v) is 4.85. The first-order valence-electron chi connectivity index (χ1n) is 5.62. The second kappa shape index (κ2) is 4.83. The number of rotatable bonds is 3. The molecule has 0 aromatic rings. The van der Waals surface area contributed by atoms with Crippen molar-refractivity contribution in [3.8, 4) is 0 Å². The molecule has 1 unspecified atom stereocenters. The average molecular weight is 196 g/mol. The molecule has 1 aliphatic heterocycles. The minimum atomic E-state index is 0.580. The van der Waals surface area contributed by atoms with Crippen molar-refractivity contribution in [2.24, 2.45) is 5.92 Å². The van der Waals surface area contributed by atoms with Crippen LogP contribution >= 0.6 is 0 Å². The number of piperidine rings is 1. The number of likely N-dealkylation sites (N-methyl/N-ethyl adjacent to an activating group) is 1.